The van der Waals surface area contributed by atoms with Crippen LogP contribution in [0.4, 0.5) is 4.79 Å². The van der Waals surface area contributed by atoms with Crippen LogP contribution in [0.15, 0.2) is 46.6 Å². The second kappa shape index (κ2) is 9.02. The van der Waals surface area contributed by atoms with Gasteiger partial charge in [-0.25, -0.2) is 4.79 Å². The SMILES string of the molecule is CC1=C(/C=N\NC(C)(C)C)CC2(CCN(C(=O)OCc3ccccc3)CC2)CC1=O. The first-order chi connectivity index (χ1) is 14.2. The summed E-state index contributed by atoms with van der Waals surface area (Å²) in [6.45, 7) is 9.55. The van der Waals surface area contributed by atoms with Gasteiger partial charge < -0.3 is 15.1 Å². The van der Waals surface area contributed by atoms with Gasteiger partial charge in [-0.05, 0) is 69.1 Å². The summed E-state index contributed by atoms with van der Waals surface area (Å²) in [5.74, 6) is 0.193. The summed E-state index contributed by atoms with van der Waals surface area (Å²) in [6.07, 6.45) is 4.51. The number of ketones is 1. The minimum absolute atomic E-state index is 0.0874. The molecule has 0 saturated carbocycles. The number of Topliss-reactive ketones (excluding diaryl/α,β-unsaturated/α-hetero) is 1. The Kier molecular flexibility index (Phi) is 6.64. The highest BCUT2D eigenvalue weighted by atomic mass is 16.6. The van der Waals surface area contributed by atoms with E-state index in [2.05, 4.69) is 10.5 Å². The Morgan fingerprint density at radius 2 is 1.87 bits per heavy atom. The van der Waals surface area contributed by atoms with Crippen LogP contribution in [0.3, 0.4) is 0 Å². The first-order valence-corrected chi connectivity index (χ1v) is 10.7. The van der Waals surface area contributed by atoms with Gasteiger partial charge in [0.05, 0.1) is 6.21 Å². The molecule has 1 saturated heterocycles. The monoisotopic (exact) mass is 411 g/mol. The lowest BCUT2D eigenvalue weighted by Crippen LogP contribution is -2.45. The van der Waals surface area contributed by atoms with E-state index in [1.54, 1.807) is 11.1 Å². The van der Waals surface area contributed by atoms with E-state index in [9.17, 15) is 9.59 Å². The fraction of sp³-hybridized carbons (Fsp3) is 0.542. The lowest BCUT2D eigenvalue weighted by atomic mass is 9.66. The maximum atomic E-state index is 12.7. The lowest BCUT2D eigenvalue weighted by molar-refractivity contribution is -0.119. The van der Waals surface area contributed by atoms with Crippen molar-refractivity contribution in [3.8, 4) is 0 Å². The van der Waals surface area contributed by atoms with E-state index in [1.807, 2.05) is 58.0 Å². The van der Waals surface area contributed by atoms with Crippen LogP contribution in [0.2, 0.25) is 0 Å². The van der Waals surface area contributed by atoms with E-state index in [4.69, 9.17) is 4.74 Å². The molecule has 0 atom stereocenters. The van der Waals surface area contributed by atoms with Gasteiger partial charge in [0.25, 0.3) is 0 Å². The molecule has 162 valence electrons. The molecule has 2 aliphatic rings. The van der Waals surface area contributed by atoms with Crippen LogP contribution in [0.5, 0.6) is 0 Å². The molecule has 6 nitrogen and oxygen atoms in total. The largest absolute Gasteiger partial charge is 0.445 e. The smallest absolute Gasteiger partial charge is 0.410 e. The summed E-state index contributed by atoms with van der Waals surface area (Å²) in [6, 6.07) is 9.69. The zero-order chi connectivity index (χ0) is 21.8. The van der Waals surface area contributed by atoms with Crippen molar-refractivity contribution in [3.05, 3.63) is 47.0 Å². The number of carbonyl (C=O) groups excluding carboxylic acids is 2. The van der Waals surface area contributed by atoms with Crippen LogP contribution in [0, 0.1) is 5.41 Å². The molecular formula is C24H33N3O3. The highest BCUT2D eigenvalue weighted by Crippen LogP contribution is 2.45. The predicted molar refractivity (Wildman–Crippen MR) is 118 cm³/mol. The number of benzene rings is 1. The standard InChI is InChI=1S/C24H33N3O3/c1-18-20(16-25-26-23(2,3)4)14-24(15-21(18)28)10-12-27(13-11-24)22(29)30-17-19-8-6-5-7-9-19/h5-9,16,26H,10-15,17H2,1-4H3/b25-16-. The Bertz CT molecular complexity index is 829. The number of rotatable bonds is 4. The molecule has 1 spiro atoms. The van der Waals surface area contributed by atoms with Gasteiger partial charge in [0.2, 0.25) is 0 Å². The van der Waals surface area contributed by atoms with Crippen LogP contribution >= 0.6 is 0 Å². The van der Waals surface area contributed by atoms with Crippen LogP contribution in [-0.2, 0) is 16.1 Å². The fourth-order valence-corrected chi connectivity index (χ4v) is 4.03. The van der Waals surface area contributed by atoms with Gasteiger partial charge in [-0.3, -0.25) is 4.79 Å². The average molecular weight is 412 g/mol. The third-order valence-corrected chi connectivity index (χ3v) is 5.91. The zero-order valence-corrected chi connectivity index (χ0v) is 18.5. The van der Waals surface area contributed by atoms with Crippen molar-refractivity contribution < 1.29 is 14.3 Å². The number of carbonyl (C=O) groups is 2. The van der Waals surface area contributed by atoms with E-state index in [0.717, 1.165) is 36.0 Å². The molecule has 3 rings (SSSR count). The second-order valence-corrected chi connectivity index (χ2v) is 9.57. The molecule has 1 aromatic rings. The van der Waals surface area contributed by atoms with Gasteiger partial charge in [-0.2, -0.15) is 5.10 Å². The maximum absolute atomic E-state index is 12.7. The highest BCUT2D eigenvalue weighted by Gasteiger charge is 2.41. The number of hydrogen-bond donors (Lipinski definition) is 1. The van der Waals surface area contributed by atoms with Crippen molar-refractivity contribution >= 4 is 18.1 Å². The van der Waals surface area contributed by atoms with Crippen LogP contribution in [-0.4, -0.2) is 41.6 Å². The van der Waals surface area contributed by atoms with Crippen molar-refractivity contribution in [2.24, 2.45) is 10.5 Å². The first kappa shape index (κ1) is 22.1. The van der Waals surface area contributed by atoms with E-state index >= 15 is 0 Å². The Morgan fingerprint density at radius 3 is 2.50 bits per heavy atom. The quantitative estimate of drug-likeness (QED) is 0.587. The minimum atomic E-state index is -0.279. The zero-order valence-electron chi connectivity index (χ0n) is 18.5. The molecule has 1 heterocycles. The van der Waals surface area contributed by atoms with Gasteiger partial charge in [0, 0.05) is 25.0 Å². The highest BCUT2D eigenvalue weighted by molar-refractivity contribution is 6.02. The van der Waals surface area contributed by atoms with Gasteiger partial charge in [-0.1, -0.05) is 30.3 Å². The number of hydrogen-bond acceptors (Lipinski definition) is 5. The Balaban J connectivity index is 1.57. The molecule has 1 aliphatic carbocycles. The maximum Gasteiger partial charge on any atom is 0.410 e. The average Bonchev–Trinajstić information content (AvgIpc) is 2.70. The van der Waals surface area contributed by atoms with Gasteiger partial charge in [0.15, 0.2) is 5.78 Å². The number of nitrogens with one attached hydrogen (secondary N) is 1. The molecule has 0 radical (unpaired) electrons. The van der Waals surface area contributed by atoms with Crippen molar-refractivity contribution in [2.45, 2.75) is 65.5 Å². The third kappa shape index (κ3) is 5.71. The Hall–Kier alpha value is -2.63. The third-order valence-electron chi connectivity index (χ3n) is 5.91. The molecule has 6 heteroatoms. The minimum Gasteiger partial charge on any atom is -0.445 e. The number of nitrogens with zero attached hydrogens (tertiary/aromatic N) is 2. The first-order valence-electron chi connectivity index (χ1n) is 10.7. The van der Waals surface area contributed by atoms with Gasteiger partial charge >= 0.3 is 6.09 Å². The molecule has 1 aliphatic heterocycles. The molecule has 0 aromatic heterocycles. The number of likely N-dealkylation sites (tertiary alicyclic amines) is 1. The van der Waals surface area contributed by atoms with Crippen molar-refractivity contribution in [2.75, 3.05) is 13.1 Å². The lowest BCUT2D eigenvalue weighted by Gasteiger charge is -2.43. The van der Waals surface area contributed by atoms with E-state index in [-0.39, 0.29) is 29.4 Å². The summed E-state index contributed by atoms with van der Waals surface area (Å²) in [5, 5.41) is 4.36. The summed E-state index contributed by atoms with van der Waals surface area (Å²) >= 11 is 0. The molecule has 1 fully saturated rings. The Labute approximate surface area is 179 Å². The summed E-state index contributed by atoms with van der Waals surface area (Å²) in [7, 11) is 0. The van der Waals surface area contributed by atoms with E-state index in [0.29, 0.717) is 19.5 Å². The molecule has 30 heavy (non-hydrogen) atoms. The Morgan fingerprint density at radius 1 is 1.20 bits per heavy atom. The topological polar surface area (TPSA) is 71.0 Å². The second-order valence-electron chi connectivity index (χ2n) is 9.57. The van der Waals surface area contributed by atoms with E-state index < -0.39 is 0 Å². The number of allylic oxidation sites excluding steroid dienone is 2. The number of ether oxygens (including phenoxy) is 1. The van der Waals surface area contributed by atoms with Gasteiger partial charge in [-0.15, -0.1) is 0 Å². The molecular weight excluding hydrogens is 378 g/mol. The fourth-order valence-electron chi connectivity index (χ4n) is 4.03. The normalized spacial score (nSPS) is 19.5. The molecule has 1 N–H and O–H groups in total. The molecule has 0 bridgehead atoms. The summed E-state index contributed by atoms with van der Waals surface area (Å²) in [4.78, 5) is 26.9. The van der Waals surface area contributed by atoms with E-state index in [1.165, 1.54) is 0 Å². The van der Waals surface area contributed by atoms with Gasteiger partial charge in [0.1, 0.15) is 6.61 Å². The number of piperidine rings is 1. The van der Waals surface area contributed by atoms with Crippen molar-refractivity contribution in [1.82, 2.24) is 10.3 Å². The van der Waals surface area contributed by atoms with Crippen LogP contribution < -0.4 is 5.43 Å². The number of amides is 1. The molecule has 1 aromatic carbocycles. The van der Waals surface area contributed by atoms with Crippen molar-refractivity contribution in [3.63, 3.8) is 0 Å². The summed E-state index contributed by atoms with van der Waals surface area (Å²) < 4.78 is 5.47. The van der Waals surface area contributed by atoms with Crippen LogP contribution in [0.1, 0.15) is 58.9 Å². The predicted octanol–water partition coefficient (Wildman–Crippen LogP) is 4.46. The summed E-state index contributed by atoms with van der Waals surface area (Å²) in [5.41, 5.74) is 5.68. The number of hydrazone groups is 1. The van der Waals surface area contributed by atoms with Crippen LogP contribution in [0.25, 0.3) is 0 Å². The molecule has 1 amide bonds. The van der Waals surface area contributed by atoms with Crippen molar-refractivity contribution in [1.29, 1.82) is 0 Å². The molecule has 0 unspecified atom stereocenters.